The Labute approximate surface area is 96.0 Å². The van der Waals surface area contributed by atoms with Crippen molar-refractivity contribution in [3.63, 3.8) is 0 Å². The Morgan fingerprint density at radius 2 is 1.86 bits per heavy atom. The van der Waals surface area contributed by atoms with Crippen LogP contribution in [0.1, 0.15) is 47.0 Å². The van der Waals surface area contributed by atoms with Crippen LogP contribution in [-0.4, -0.2) is 16.8 Å². The predicted molar refractivity (Wildman–Crippen MR) is 64.7 cm³/mol. The summed E-state index contributed by atoms with van der Waals surface area (Å²) in [5.41, 5.74) is 0. The summed E-state index contributed by atoms with van der Waals surface area (Å²) < 4.78 is 0. The standard InChI is InChI=1S/C11H22BrNO/c1-5-8(3)7-9(4)13-11(14)10(12)6-2/h8-10H,5-7H2,1-4H3,(H,13,14). The van der Waals surface area contributed by atoms with Crippen LogP contribution in [0.25, 0.3) is 0 Å². The van der Waals surface area contributed by atoms with Gasteiger partial charge in [-0.1, -0.05) is 43.1 Å². The van der Waals surface area contributed by atoms with Gasteiger partial charge in [0.25, 0.3) is 0 Å². The van der Waals surface area contributed by atoms with Gasteiger partial charge in [0, 0.05) is 6.04 Å². The number of hydrogen-bond acceptors (Lipinski definition) is 1. The maximum Gasteiger partial charge on any atom is 0.233 e. The molecule has 1 amide bonds. The van der Waals surface area contributed by atoms with Crippen molar-refractivity contribution in [2.24, 2.45) is 5.92 Å². The predicted octanol–water partition coefficient (Wildman–Crippen LogP) is 3.10. The number of carbonyl (C=O) groups is 1. The van der Waals surface area contributed by atoms with Gasteiger partial charge in [0.2, 0.25) is 5.91 Å². The van der Waals surface area contributed by atoms with Crippen LogP contribution in [-0.2, 0) is 4.79 Å². The first kappa shape index (κ1) is 13.9. The van der Waals surface area contributed by atoms with Crippen molar-refractivity contribution in [2.45, 2.75) is 57.8 Å². The molecule has 0 aromatic heterocycles. The van der Waals surface area contributed by atoms with E-state index in [2.05, 4.69) is 42.0 Å². The van der Waals surface area contributed by atoms with Gasteiger partial charge >= 0.3 is 0 Å². The van der Waals surface area contributed by atoms with Gasteiger partial charge in [0.15, 0.2) is 0 Å². The Hall–Kier alpha value is -0.0500. The molecule has 0 fully saturated rings. The van der Waals surface area contributed by atoms with E-state index in [1.54, 1.807) is 0 Å². The molecule has 14 heavy (non-hydrogen) atoms. The second-order valence-corrected chi connectivity index (χ2v) is 5.14. The quantitative estimate of drug-likeness (QED) is 0.734. The number of amides is 1. The van der Waals surface area contributed by atoms with E-state index in [9.17, 15) is 4.79 Å². The van der Waals surface area contributed by atoms with E-state index in [1.165, 1.54) is 6.42 Å². The van der Waals surface area contributed by atoms with Gasteiger partial charge in [-0.05, 0) is 25.7 Å². The maximum absolute atomic E-state index is 11.5. The topological polar surface area (TPSA) is 29.1 Å². The lowest BCUT2D eigenvalue weighted by Gasteiger charge is -2.18. The van der Waals surface area contributed by atoms with Crippen molar-refractivity contribution in [3.8, 4) is 0 Å². The summed E-state index contributed by atoms with van der Waals surface area (Å²) in [5.74, 6) is 0.795. The van der Waals surface area contributed by atoms with Gasteiger partial charge in [-0.25, -0.2) is 0 Å². The average Bonchev–Trinajstić information content (AvgIpc) is 2.15. The molecule has 0 aliphatic heterocycles. The summed E-state index contributed by atoms with van der Waals surface area (Å²) >= 11 is 3.34. The van der Waals surface area contributed by atoms with Gasteiger partial charge in [-0.3, -0.25) is 4.79 Å². The molecule has 0 spiro atoms. The highest BCUT2D eigenvalue weighted by Gasteiger charge is 2.15. The first-order chi connectivity index (χ1) is 6.51. The molecule has 3 atom stereocenters. The molecule has 1 N–H and O–H groups in total. The SMILES string of the molecule is CCC(C)CC(C)NC(=O)C(Br)CC. The Morgan fingerprint density at radius 1 is 1.29 bits per heavy atom. The monoisotopic (exact) mass is 263 g/mol. The van der Waals surface area contributed by atoms with E-state index in [-0.39, 0.29) is 16.8 Å². The minimum atomic E-state index is -0.0399. The van der Waals surface area contributed by atoms with Crippen LogP contribution in [0.2, 0.25) is 0 Å². The summed E-state index contributed by atoms with van der Waals surface area (Å²) in [4.78, 5) is 11.5. The molecule has 0 saturated carbocycles. The van der Waals surface area contributed by atoms with Crippen molar-refractivity contribution in [1.82, 2.24) is 5.32 Å². The van der Waals surface area contributed by atoms with Gasteiger partial charge < -0.3 is 5.32 Å². The van der Waals surface area contributed by atoms with E-state index in [0.717, 1.165) is 12.8 Å². The molecule has 0 aliphatic carbocycles. The molecule has 0 aliphatic rings. The minimum Gasteiger partial charge on any atom is -0.353 e. The van der Waals surface area contributed by atoms with Crippen molar-refractivity contribution >= 4 is 21.8 Å². The normalized spacial score (nSPS) is 17.2. The molecule has 0 bridgehead atoms. The lowest BCUT2D eigenvalue weighted by Crippen LogP contribution is -2.38. The van der Waals surface area contributed by atoms with Gasteiger partial charge in [0.1, 0.15) is 0 Å². The Balaban J connectivity index is 3.82. The van der Waals surface area contributed by atoms with E-state index in [4.69, 9.17) is 0 Å². The van der Waals surface area contributed by atoms with Crippen LogP contribution in [0.5, 0.6) is 0 Å². The Bertz CT molecular complexity index is 173. The fourth-order valence-corrected chi connectivity index (χ4v) is 1.48. The van der Waals surface area contributed by atoms with Crippen molar-refractivity contribution < 1.29 is 4.79 Å². The molecule has 2 nitrogen and oxygen atoms in total. The maximum atomic E-state index is 11.5. The molecule has 0 radical (unpaired) electrons. The lowest BCUT2D eigenvalue weighted by atomic mass is 10.0. The first-order valence-electron chi connectivity index (χ1n) is 5.45. The summed E-state index contributed by atoms with van der Waals surface area (Å²) in [6, 6.07) is 0.282. The molecular formula is C11H22BrNO. The zero-order valence-electron chi connectivity index (χ0n) is 9.64. The number of nitrogens with one attached hydrogen (secondary N) is 1. The lowest BCUT2D eigenvalue weighted by molar-refractivity contribution is -0.121. The zero-order chi connectivity index (χ0) is 11.1. The third-order valence-corrected chi connectivity index (χ3v) is 3.55. The van der Waals surface area contributed by atoms with Gasteiger partial charge in [0.05, 0.1) is 4.83 Å². The Kier molecular flexibility index (Phi) is 7.24. The van der Waals surface area contributed by atoms with Crippen LogP contribution < -0.4 is 5.32 Å². The van der Waals surface area contributed by atoms with Gasteiger partial charge in [-0.15, -0.1) is 0 Å². The summed E-state index contributed by atoms with van der Waals surface area (Å²) in [6.45, 7) is 8.46. The van der Waals surface area contributed by atoms with Crippen LogP contribution >= 0.6 is 15.9 Å². The van der Waals surface area contributed by atoms with Crippen molar-refractivity contribution in [1.29, 1.82) is 0 Å². The molecule has 0 rings (SSSR count). The smallest absolute Gasteiger partial charge is 0.233 e. The van der Waals surface area contributed by atoms with Crippen LogP contribution in [0.3, 0.4) is 0 Å². The second kappa shape index (κ2) is 7.27. The third-order valence-electron chi connectivity index (χ3n) is 2.48. The van der Waals surface area contributed by atoms with Crippen LogP contribution in [0.4, 0.5) is 0 Å². The van der Waals surface area contributed by atoms with Crippen molar-refractivity contribution in [3.05, 3.63) is 0 Å². The van der Waals surface area contributed by atoms with Crippen LogP contribution in [0.15, 0.2) is 0 Å². The largest absolute Gasteiger partial charge is 0.353 e. The summed E-state index contributed by atoms with van der Waals surface area (Å²) in [6.07, 6.45) is 3.07. The second-order valence-electron chi connectivity index (χ2n) is 4.03. The first-order valence-corrected chi connectivity index (χ1v) is 6.37. The molecule has 0 heterocycles. The zero-order valence-corrected chi connectivity index (χ0v) is 11.2. The molecular weight excluding hydrogens is 242 g/mol. The van der Waals surface area contributed by atoms with Crippen molar-refractivity contribution in [2.75, 3.05) is 0 Å². The van der Waals surface area contributed by atoms with E-state index in [0.29, 0.717) is 5.92 Å². The summed E-state index contributed by atoms with van der Waals surface area (Å²) in [5, 5.41) is 3.01. The van der Waals surface area contributed by atoms with Crippen LogP contribution in [0, 0.1) is 5.92 Å². The average molecular weight is 264 g/mol. The van der Waals surface area contributed by atoms with Gasteiger partial charge in [-0.2, -0.15) is 0 Å². The molecule has 0 saturated heterocycles. The highest BCUT2D eigenvalue weighted by molar-refractivity contribution is 9.10. The minimum absolute atomic E-state index is 0.0399. The number of alkyl halides is 1. The molecule has 0 aromatic carbocycles. The van der Waals surface area contributed by atoms with E-state index in [1.807, 2.05) is 6.92 Å². The van der Waals surface area contributed by atoms with E-state index < -0.39 is 0 Å². The molecule has 3 unspecified atom stereocenters. The molecule has 0 aromatic rings. The fraction of sp³-hybridized carbons (Fsp3) is 0.909. The highest BCUT2D eigenvalue weighted by Crippen LogP contribution is 2.11. The third kappa shape index (κ3) is 5.63. The Morgan fingerprint density at radius 3 is 2.29 bits per heavy atom. The highest BCUT2D eigenvalue weighted by atomic mass is 79.9. The number of hydrogen-bond donors (Lipinski definition) is 1. The number of halogens is 1. The number of rotatable bonds is 6. The number of carbonyl (C=O) groups excluding carboxylic acids is 1. The molecule has 84 valence electrons. The van der Waals surface area contributed by atoms with E-state index >= 15 is 0 Å². The fourth-order valence-electron chi connectivity index (χ4n) is 1.35. The molecule has 3 heteroatoms. The summed E-state index contributed by atoms with van der Waals surface area (Å²) in [7, 11) is 0.